The van der Waals surface area contributed by atoms with Crippen LogP contribution in [0.15, 0.2) is 66.9 Å². The number of anilines is 1. The average molecular weight is 477 g/mol. The molecule has 0 atom stereocenters. The van der Waals surface area contributed by atoms with E-state index in [1.807, 2.05) is 36.4 Å². The predicted molar refractivity (Wildman–Crippen MR) is 126 cm³/mol. The molecule has 0 amide bonds. The average Bonchev–Trinajstić information content (AvgIpc) is 3.32. The number of nitrogens with zero attached hydrogens (tertiary/aromatic N) is 1. The minimum atomic E-state index is 0. The molecule has 6 nitrogen and oxygen atoms in total. The van der Waals surface area contributed by atoms with Crippen molar-refractivity contribution >= 4 is 16.5 Å². The molecule has 2 aliphatic rings. The Morgan fingerprint density at radius 3 is 2.65 bits per heavy atom. The molecular weight excluding hydrogens is 452 g/mol. The molecule has 0 saturated heterocycles. The third-order valence-corrected chi connectivity index (χ3v) is 6.26. The van der Waals surface area contributed by atoms with Gasteiger partial charge in [-0.1, -0.05) is 24.3 Å². The van der Waals surface area contributed by atoms with E-state index in [0.29, 0.717) is 19.9 Å². The highest BCUT2D eigenvalue weighted by Gasteiger charge is 2.28. The zero-order chi connectivity index (χ0) is 22.2. The smallest absolute Gasteiger partial charge is 0.231 e. The molecule has 0 fully saturated rings. The van der Waals surface area contributed by atoms with Gasteiger partial charge in [0.1, 0.15) is 18.1 Å². The van der Waals surface area contributed by atoms with Crippen LogP contribution in [0.3, 0.4) is 0 Å². The number of benzene rings is 3. The van der Waals surface area contributed by atoms with Gasteiger partial charge in [0, 0.05) is 19.0 Å². The Hall–Kier alpha value is -3.64. The minimum Gasteiger partial charge on any atom is -1.00 e. The number of methoxy groups -OCH3 is 1. The normalized spacial score (nSPS) is 13.0. The van der Waals surface area contributed by atoms with E-state index >= 15 is 0 Å². The molecule has 4 aromatic rings. The third kappa shape index (κ3) is 3.94. The summed E-state index contributed by atoms with van der Waals surface area (Å²) in [6.45, 7) is 2.42. The third-order valence-electron chi connectivity index (χ3n) is 6.26. The highest BCUT2D eigenvalue weighted by atomic mass is 35.5. The van der Waals surface area contributed by atoms with Crippen molar-refractivity contribution in [2.24, 2.45) is 0 Å². The number of pyridine rings is 1. The number of halogens is 1. The van der Waals surface area contributed by atoms with Crippen LogP contribution in [-0.4, -0.2) is 27.1 Å². The van der Waals surface area contributed by atoms with E-state index in [1.54, 1.807) is 7.11 Å². The number of ether oxygens (including phenoxy) is 4. The molecule has 1 N–H and O–H groups in total. The van der Waals surface area contributed by atoms with Gasteiger partial charge in [-0.25, -0.2) is 0 Å². The fraction of sp³-hybridized carbons (Fsp3) is 0.222. The lowest BCUT2D eigenvalue weighted by Gasteiger charge is -2.18. The van der Waals surface area contributed by atoms with E-state index in [1.165, 1.54) is 16.8 Å². The van der Waals surface area contributed by atoms with Crippen molar-refractivity contribution < 1.29 is 35.9 Å². The number of aryl methyl sites for hydroxylation is 2. The second-order valence-corrected chi connectivity index (χ2v) is 8.20. The van der Waals surface area contributed by atoms with Crippen LogP contribution in [0, 0.1) is 0 Å². The van der Waals surface area contributed by atoms with Crippen LogP contribution in [0.25, 0.3) is 22.0 Å². The van der Waals surface area contributed by atoms with Crippen LogP contribution >= 0.6 is 0 Å². The molecule has 0 saturated carbocycles. The maximum Gasteiger partial charge on any atom is 0.231 e. The lowest BCUT2D eigenvalue weighted by atomic mass is 9.95. The van der Waals surface area contributed by atoms with Gasteiger partial charge in [-0.3, -0.25) is 0 Å². The van der Waals surface area contributed by atoms with Crippen molar-refractivity contribution in [3.05, 3.63) is 72.4 Å². The van der Waals surface area contributed by atoms with E-state index in [0.717, 1.165) is 52.4 Å². The molecule has 0 spiro atoms. The molecule has 0 aliphatic carbocycles. The van der Waals surface area contributed by atoms with E-state index in [4.69, 9.17) is 18.9 Å². The fourth-order valence-electron chi connectivity index (χ4n) is 4.64. The van der Waals surface area contributed by atoms with Crippen molar-refractivity contribution in [2.75, 3.05) is 32.4 Å². The summed E-state index contributed by atoms with van der Waals surface area (Å²) in [5.74, 6) is 3.35. The summed E-state index contributed by atoms with van der Waals surface area (Å²) in [5.41, 5.74) is 4.67. The van der Waals surface area contributed by atoms with E-state index < -0.39 is 0 Å². The maximum absolute atomic E-state index is 5.85. The molecule has 2 aliphatic heterocycles. The summed E-state index contributed by atoms with van der Waals surface area (Å²) < 4.78 is 25.1. The largest absolute Gasteiger partial charge is 1.00 e. The molecule has 6 rings (SSSR count). The molecule has 0 bridgehead atoms. The van der Waals surface area contributed by atoms with Crippen molar-refractivity contribution in [1.29, 1.82) is 0 Å². The maximum atomic E-state index is 5.85. The van der Waals surface area contributed by atoms with Gasteiger partial charge < -0.3 is 36.7 Å². The van der Waals surface area contributed by atoms with Crippen LogP contribution in [0.5, 0.6) is 23.0 Å². The van der Waals surface area contributed by atoms with Crippen LogP contribution in [0.4, 0.5) is 5.69 Å². The number of rotatable bonds is 6. The summed E-state index contributed by atoms with van der Waals surface area (Å²) in [7, 11) is 1.71. The van der Waals surface area contributed by atoms with Gasteiger partial charge in [-0.2, -0.15) is 4.57 Å². The van der Waals surface area contributed by atoms with Crippen LogP contribution in [0.1, 0.15) is 5.56 Å². The zero-order valence-electron chi connectivity index (χ0n) is 18.8. The van der Waals surface area contributed by atoms with E-state index in [-0.39, 0.29) is 12.4 Å². The van der Waals surface area contributed by atoms with Crippen LogP contribution in [0.2, 0.25) is 0 Å². The highest BCUT2D eigenvalue weighted by Crippen LogP contribution is 2.41. The molecule has 3 heterocycles. The lowest BCUT2D eigenvalue weighted by Crippen LogP contribution is -3.00. The van der Waals surface area contributed by atoms with Gasteiger partial charge in [-0.15, -0.1) is 0 Å². The van der Waals surface area contributed by atoms with Crippen molar-refractivity contribution in [3.63, 3.8) is 0 Å². The number of aromatic nitrogens is 1. The minimum absolute atomic E-state index is 0. The molecule has 0 unspecified atom stereocenters. The van der Waals surface area contributed by atoms with Gasteiger partial charge in [0.05, 0.1) is 23.7 Å². The van der Waals surface area contributed by atoms with Crippen molar-refractivity contribution in [1.82, 2.24) is 0 Å². The Labute approximate surface area is 204 Å². The standard InChI is InChI=1S/C27H24N2O4.ClH/c1-30-24-8-7-18-13-23-21-15-26-25(32-17-33-26)14-19(21)9-11-29(23)16-22(18)27(24)28-10-12-31-20-5-3-2-4-6-20;/h2-8,13-16H,9-12,17H2,1H3;1H. The number of hydrogen-bond acceptors (Lipinski definition) is 5. The summed E-state index contributed by atoms with van der Waals surface area (Å²) in [6, 6.07) is 20.5. The Bertz CT molecular complexity index is 1340. The summed E-state index contributed by atoms with van der Waals surface area (Å²) in [5, 5.41) is 5.82. The second-order valence-electron chi connectivity index (χ2n) is 8.20. The Balaban J connectivity index is 0.00000241. The first kappa shape index (κ1) is 22.2. The second kappa shape index (κ2) is 9.31. The quantitative estimate of drug-likeness (QED) is 0.338. The lowest BCUT2D eigenvalue weighted by molar-refractivity contribution is -0.686. The van der Waals surface area contributed by atoms with Crippen LogP contribution < -0.4 is 41.2 Å². The van der Waals surface area contributed by atoms with Gasteiger partial charge in [0.2, 0.25) is 12.5 Å². The Morgan fingerprint density at radius 1 is 1.00 bits per heavy atom. The number of para-hydroxylation sites is 1. The van der Waals surface area contributed by atoms with Gasteiger partial charge in [0.25, 0.3) is 0 Å². The van der Waals surface area contributed by atoms with Gasteiger partial charge in [-0.05, 0) is 41.3 Å². The molecule has 3 aromatic carbocycles. The topological polar surface area (TPSA) is 52.8 Å². The fourth-order valence-corrected chi connectivity index (χ4v) is 4.64. The summed E-state index contributed by atoms with van der Waals surface area (Å²) in [6.07, 6.45) is 3.17. The molecular formula is C27H25ClN2O4. The first-order valence-electron chi connectivity index (χ1n) is 11.2. The predicted octanol–water partition coefficient (Wildman–Crippen LogP) is 1.58. The number of fused-ring (bicyclic) bond motifs is 5. The van der Waals surface area contributed by atoms with Crippen molar-refractivity contribution in [3.8, 4) is 34.3 Å². The first-order chi connectivity index (χ1) is 16.3. The Morgan fingerprint density at radius 2 is 1.82 bits per heavy atom. The SMILES string of the molecule is COc1ccc2cc3[n+](cc2c1NCCOc1ccccc1)CCc1cc2c(cc1-3)OCO2.[Cl-]. The molecule has 0 radical (unpaired) electrons. The van der Waals surface area contributed by atoms with Gasteiger partial charge >= 0.3 is 0 Å². The monoisotopic (exact) mass is 476 g/mol. The molecule has 7 heteroatoms. The van der Waals surface area contributed by atoms with E-state index in [9.17, 15) is 0 Å². The first-order valence-corrected chi connectivity index (χ1v) is 11.2. The molecule has 1 aromatic heterocycles. The number of hydrogen-bond donors (Lipinski definition) is 1. The van der Waals surface area contributed by atoms with Gasteiger partial charge in [0.15, 0.2) is 24.2 Å². The number of nitrogens with one attached hydrogen (secondary N) is 1. The summed E-state index contributed by atoms with van der Waals surface area (Å²) in [4.78, 5) is 0. The Kier molecular flexibility index (Phi) is 6.07. The summed E-state index contributed by atoms with van der Waals surface area (Å²) >= 11 is 0. The highest BCUT2D eigenvalue weighted by molar-refractivity contribution is 5.97. The zero-order valence-corrected chi connectivity index (χ0v) is 19.6. The molecule has 174 valence electrons. The molecule has 34 heavy (non-hydrogen) atoms. The van der Waals surface area contributed by atoms with E-state index in [2.05, 4.69) is 40.3 Å². The van der Waals surface area contributed by atoms with Crippen molar-refractivity contribution in [2.45, 2.75) is 13.0 Å². The van der Waals surface area contributed by atoms with Crippen LogP contribution in [-0.2, 0) is 13.0 Å².